The normalized spacial score (nSPS) is 10.3. The summed E-state index contributed by atoms with van der Waals surface area (Å²) in [5.74, 6) is -0.121. The molecule has 0 aliphatic rings. The predicted octanol–water partition coefficient (Wildman–Crippen LogP) is 3.09. The average Bonchev–Trinajstić information content (AvgIpc) is 2.47. The molecule has 2 aromatic carbocycles. The Hall–Kier alpha value is -2.04. The highest BCUT2D eigenvalue weighted by Crippen LogP contribution is 2.16. The van der Waals surface area contributed by atoms with Crippen LogP contribution in [0.5, 0.6) is 5.75 Å². The van der Waals surface area contributed by atoms with Gasteiger partial charge in [-0.2, -0.15) is 0 Å². The van der Waals surface area contributed by atoms with Gasteiger partial charge in [0, 0.05) is 11.6 Å². The van der Waals surface area contributed by atoms with Crippen molar-refractivity contribution in [2.45, 2.75) is 13.2 Å². The maximum atomic E-state index is 10.4. The molecule has 0 fully saturated rings. The first-order valence-electron chi connectivity index (χ1n) is 6.52. The first-order chi connectivity index (χ1) is 10.1. The molecular formula is C16H16ClNO3. The van der Waals surface area contributed by atoms with E-state index in [0.717, 1.165) is 16.9 Å². The smallest absolute Gasteiger partial charge is 0.317 e. The van der Waals surface area contributed by atoms with E-state index in [4.69, 9.17) is 21.4 Å². The number of ether oxygens (including phenoxy) is 1. The van der Waals surface area contributed by atoms with Crippen molar-refractivity contribution in [2.24, 2.45) is 0 Å². The number of carboxylic acid groups (broad SMARTS) is 1. The Balaban J connectivity index is 1.88. The molecule has 0 heterocycles. The molecule has 0 atom stereocenters. The molecule has 2 aromatic rings. The second-order valence-electron chi connectivity index (χ2n) is 4.56. The second-order valence-corrected chi connectivity index (χ2v) is 5.00. The van der Waals surface area contributed by atoms with Gasteiger partial charge in [-0.05, 0) is 35.4 Å². The Morgan fingerprint density at radius 1 is 1.14 bits per heavy atom. The van der Waals surface area contributed by atoms with Crippen molar-refractivity contribution in [2.75, 3.05) is 6.54 Å². The minimum atomic E-state index is -0.870. The van der Waals surface area contributed by atoms with Gasteiger partial charge in [0.1, 0.15) is 12.4 Å². The number of nitrogens with one attached hydrogen (secondary N) is 1. The van der Waals surface area contributed by atoms with Gasteiger partial charge in [-0.3, -0.25) is 4.79 Å². The highest BCUT2D eigenvalue weighted by Gasteiger charge is 2.00. The van der Waals surface area contributed by atoms with Crippen LogP contribution in [0.2, 0.25) is 5.02 Å². The molecule has 2 rings (SSSR count). The van der Waals surface area contributed by atoms with Gasteiger partial charge < -0.3 is 15.2 Å². The number of benzene rings is 2. The molecule has 0 saturated carbocycles. The Kier molecular flexibility index (Phi) is 5.60. The standard InChI is InChI=1S/C16H16ClNO3/c17-14-6-4-12(5-7-14)11-21-15-3-1-2-13(8-15)9-18-10-16(19)20/h1-8,18H,9-11H2,(H,19,20). The fourth-order valence-electron chi connectivity index (χ4n) is 1.81. The summed E-state index contributed by atoms with van der Waals surface area (Å²) in [7, 11) is 0. The molecule has 0 bridgehead atoms. The maximum Gasteiger partial charge on any atom is 0.317 e. The zero-order valence-corrected chi connectivity index (χ0v) is 12.1. The van der Waals surface area contributed by atoms with E-state index in [1.54, 1.807) is 0 Å². The monoisotopic (exact) mass is 305 g/mol. The van der Waals surface area contributed by atoms with Crippen LogP contribution in [-0.2, 0) is 17.9 Å². The minimum Gasteiger partial charge on any atom is -0.489 e. The Labute approximate surface area is 128 Å². The van der Waals surface area contributed by atoms with E-state index in [-0.39, 0.29) is 6.54 Å². The number of aliphatic carboxylic acids is 1. The molecule has 0 unspecified atom stereocenters. The number of hydrogen-bond acceptors (Lipinski definition) is 3. The Bertz CT molecular complexity index is 599. The molecule has 110 valence electrons. The first-order valence-corrected chi connectivity index (χ1v) is 6.90. The number of carboxylic acids is 1. The van der Waals surface area contributed by atoms with E-state index in [1.165, 1.54) is 0 Å². The summed E-state index contributed by atoms with van der Waals surface area (Å²) < 4.78 is 5.71. The van der Waals surface area contributed by atoms with Gasteiger partial charge in [-0.1, -0.05) is 35.9 Å². The predicted molar refractivity (Wildman–Crippen MR) is 81.6 cm³/mol. The number of halogens is 1. The maximum absolute atomic E-state index is 10.4. The van der Waals surface area contributed by atoms with Crippen molar-refractivity contribution in [3.63, 3.8) is 0 Å². The topological polar surface area (TPSA) is 58.6 Å². The molecule has 0 aliphatic carbocycles. The van der Waals surface area contributed by atoms with E-state index in [1.807, 2.05) is 48.5 Å². The fourth-order valence-corrected chi connectivity index (χ4v) is 1.93. The highest BCUT2D eigenvalue weighted by atomic mass is 35.5. The third-order valence-corrected chi connectivity index (χ3v) is 3.07. The Morgan fingerprint density at radius 3 is 2.62 bits per heavy atom. The summed E-state index contributed by atoms with van der Waals surface area (Å²) >= 11 is 5.83. The Morgan fingerprint density at radius 2 is 1.90 bits per heavy atom. The molecule has 2 N–H and O–H groups in total. The molecule has 5 heteroatoms. The van der Waals surface area contributed by atoms with Gasteiger partial charge in [0.15, 0.2) is 0 Å². The molecule has 4 nitrogen and oxygen atoms in total. The quantitative estimate of drug-likeness (QED) is 0.825. The molecular weight excluding hydrogens is 290 g/mol. The molecule has 0 saturated heterocycles. The molecule has 0 aromatic heterocycles. The molecule has 0 amide bonds. The van der Waals surface area contributed by atoms with Crippen molar-refractivity contribution in [1.82, 2.24) is 5.32 Å². The van der Waals surface area contributed by atoms with E-state index in [0.29, 0.717) is 18.2 Å². The van der Waals surface area contributed by atoms with E-state index in [9.17, 15) is 4.79 Å². The highest BCUT2D eigenvalue weighted by molar-refractivity contribution is 6.30. The summed E-state index contributed by atoms with van der Waals surface area (Å²) in [5, 5.41) is 12.1. The summed E-state index contributed by atoms with van der Waals surface area (Å²) in [6.45, 7) is 0.892. The summed E-state index contributed by atoms with van der Waals surface area (Å²) in [6, 6.07) is 15.1. The third kappa shape index (κ3) is 5.45. The van der Waals surface area contributed by atoms with Crippen LogP contribution in [0.1, 0.15) is 11.1 Å². The summed E-state index contributed by atoms with van der Waals surface area (Å²) in [6.07, 6.45) is 0. The van der Waals surface area contributed by atoms with E-state index >= 15 is 0 Å². The van der Waals surface area contributed by atoms with Crippen molar-refractivity contribution < 1.29 is 14.6 Å². The lowest BCUT2D eigenvalue weighted by molar-refractivity contribution is -0.135. The largest absolute Gasteiger partial charge is 0.489 e. The first kappa shape index (κ1) is 15.4. The van der Waals surface area contributed by atoms with Gasteiger partial charge in [-0.25, -0.2) is 0 Å². The van der Waals surface area contributed by atoms with Gasteiger partial charge >= 0.3 is 5.97 Å². The second kappa shape index (κ2) is 7.67. The van der Waals surface area contributed by atoms with Gasteiger partial charge in [-0.15, -0.1) is 0 Å². The van der Waals surface area contributed by atoms with E-state index in [2.05, 4.69) is 5.32 Å². The summed E-state index contributed by atoms with van der Waals surface area (Å²) in [5.41, 5.74) is 2.01. The van der Waals surface area contributed by atoms with Crippen molar-refractivity contribution in [3.8, 4) is 5.75 Å². The SMILES string of the molecule is O=C(O)CNCc1cccc(OCc2ccc(Cl)cc2)c1. The lowest BCUT2D eigenvalue weighted by Crippen LogP contribution is -2.21. The summed E-state index contributed by atoms with van der Waals surface area (Å²) in [4.78, 5) is 10.4. The fraction of sp³-hybridized carbons (Fsp3) is 0.188. The van der Waals surface area contributed by atoms with Crippen molar-refractivity contribution in [1.29, 1.82) is 0 Å². The van der Waals surface area contributed by atoms with Crippen LogP contribution in [-0.4, -0.2) is 17.6 Å². The van der Waals surface area contributed by atoms with Crippen molar-refractivity contribution >= 4 is 17.6 Å². The zero-order valence-electron chi connectivity index (χ0n) is 11.4. The molecule has 21 heavy (non-hydrogen) atoms. The van der Waals surface area contributed by atoms with E-state index < -0.39 is 5.97 Å². The third-order valence-electron chi connectivity index (χ3n) is 2.82. The van der Waals surface area contributed by atoms with Crippen LogP contribution < -0.4 is 10.1 Å². The van der Waals surface area contributed by atoms with Gasteiger partial charge in [0.25, 0.3) is 0 Å². The average molecular weight is 306 g/mol. The number of hydrogen-bond donors (Lipinski definition) is 2. The molecule has 0 aliphatic heterocycles. The minimum absolute atomic E-state index is 0.0597. The number of carbonyl (C=O) groups is 1. The van der Waals surface area contributed by atoms with Crippen LogP contribution >= 0.6 is 11.6 Å². The van der Waals surface area contributed by atoms with Gasteiger partial charge in [0.05, 0.1) is 6.54 Å². The lowest BCUT2D eigenvalue weighted by Gasteiger charge is -2.08. The van der Waals surface area contributed by atoms with Crippen LogP contribution in [0, 0.1) is 0 Å². The lowest BCUT2D eigenvalue weighted by atomic mass is 10.2. The van der Waals surface area contributed by atoms with Gasteiger partial charge in [0.2, 0.25) is 0 Å². The molecule has 0 radical (unpaired) electrons. The van der Waals surface area contributed by atoms with Crippen LogP contribution in [0.15, 0.2) is 48.5 Å². The van der Waals surface area contributed by atoms with Crippen LogP contribution in [0.3, 0.4) is 0 Å². The van der Waals surface area contributed by atoms with Crippen molar-refractivity contribution in [3.05, 3.63) is 64.7 Å². The molecule has 0 spiro atoms. The van der Waals surface area contributed by atoms with Crippen LogP contribution in [0.4, 0.5) is 0 Å². The zero-order chi connectivity index (χ0) is 15.1. The van der Waals surface area contributed by atoms with Crippen LogP contribution in [0.25, 0.3) is 0 Å². The number of rotatable bonds is 7.